The third-order valence-electron chi connectivity index (χ3n) is 2.30. The van der Waals surface area contributed by atoms with Gasteiger partial charge in [0.2, 0.25) is 0 Å². The van der Waals surface area contributed by atoms with Gasteiger partial charge < -0.3 is 10.5 Å². The molecule has 0 radical (unpaired) electrons. The van der Waals surface area contributed by atoms with Gasteiger partial charge in [0.05, 0.1) is 13.0 Å². The lowest BCUT2D eigenvalue weighted by atomic mass is 9.96. The summed E-state index contributed by atoms with van der Waals surface area (Å²) in [6, 6.07) is 9.23. The maximum absolute atomic E-state index is 11.2. The molecule has 3 heteroatoms. The van der Waals surface area contributed by atoms with Gasteiger partial charge >= 0.3 is 5.97 Å². The largest absolute Gasteiger partial charge is 0.469 e. The van der Waals surface area contributed by atoms with E-state index in [1.54, 1.807) is 6.92 Å². The standard InChI is InChI=1S/C11H15NO2/c1-8(11(13)14-2)10(12)9-6-4-3-5-7-9/h3-8,10H,12H2,1-2H3/t8-,10+/m0/s1. The first-order valence-corrected chi connectivity index (χ1v) is 4.55. The molecule has 0 aliphatic carbocycles. The maximum Gasteiger partial charge on any atom is 0.310 e. The Morgan fingerprint density at radius 1 is 1.36 bits per heavy atom. The molecule has 2 atom stereocenters. The van der Waals surface area contributed by atoms with E-state index in [1.807, 2.05) is 30.3 Å². The number of hydrogen-bond donors (Lipinski definition) is 1. The number of rotatable bonds is 3. The van der Waals surface area contributed by atoms with Crippen molar-refractivity contribution in [3.05, 3.63) is 35.9 Å². The zero-order chi connectivity index (χ0) is 10.6. The summed E-state index contributed by atoms with van der Waals surface area (Å²) in [7, 11) is 1.37. The van der Waals surface area contributed by atoms with Crippen molar-refractivity contribution in [2.45, 2.75) is 13.0 Å². The van der Waals surface area contributed by atoms with E-state index >= 15 is 0 Å². The number of benzene rings is 1. The van der Waals surface area contributed by atoms with Crippen LogP contribution in [0, 0.1) is 5.92 Å². The quantitative estimate of drug-likeness (QED) is 0.740. The average molecular weight is 193 g/mol. The number of methoxy groups -OCH3 is 1. The molecule has 1 aromatic rings. The van der Waals surface area contributed by atoms with Gasteiger partial charge in [-0.1, -0.05) is 37.3 Å². The van der Waals surface area contributed by atoms with Crippen molar-refractivity contribution in [3.63, 3.8) is 0 Å². The molecule has 0 saturated carbocycles. The summed E-state index contributed by atoms with van der Waals surface area (Å²) in [6.45, 7) is 1.77. The molecular weight excluding hydrogens is 178 g/mol. The Bertz CT molecular complexity index is 297. The van der Waals surface area contributed by atoms with E-state index in [1.165, 1.54) is 7.11 Å². The van der Waals surface area contributed by atoms with Gasteiger partial charge in [0.25, 0.3) is 0 Å². The van der Waals surface area contributed by atoms with Crippen LogP contribution in [0.15, 0.2) is 30.3 Å². The van der Waals surface area contributed by atoms with Gasteiger partial charge in [-0.05, 0) is 5.56 Å². The van der Waals surface area contributed by atoms with Crippen molar-refractivity contribution in [3.8, 4) is 0 Å². The van der Waals surface area contributed by atoms with Crippen LogP contribution in [0.4, 0.5) is 0 Å². The predicted molar refractivity (Wildman–Crippen MR) is 54.6 cm³/mol. The lowest BCUT2D eigenvalue weighted by molar-refractivity contribution is -0.145. The van der Waals surface area contributed by atoms with E-state index in [9.17, 15) is 4.79 Å². The van der Waals surface area contributed by atoms with Crippen LogP contribution in [0.3, 0.4) is 0 Å². The van der Waals surface area contributed by atoms with Gasteiger partial charge in [-0.3, -0.25) is 4.79 Å². The molecule has 3 nitrogen and oxygen atoms in total. The van der Waals surface area contributed by atoms with E-state index in [4.69, 9.17) is 5.73 Å². The third-order valence-corrected chi connectivity index (χ3v) is 2.30. The zero-order valence-corrected chi connectivity index (χ0v) is 8.44. The topological polar surface area (TPSA) is 52.3 Å². The molecule has 0 saturated heterocycles. The summed E-state index contributed by atoms with van der Waals surface area (Å²) in [6.07, 6.45) is 0. The number of carbonyl (C=O) groups excluding carboxylic acids is 1. The molecule has 14 heavy (non-hydrogen) atoms. The highest BCUT2D eigenvalue weighted by molar-refractivity contribution is 5.73. The van der Waals surface area contributed by atoms with Crippen molar-refractivity contribution in [1.29, 1.82) is 0 Å². The minimum absolute atomic E-state index is 0.277. The van der Waals surface area contributed by atoms with Crippen molar-refractivity contribution in [2.24, 2.45) is 11.7 Å². The van der Waals surface area contributed by atoms with E-state index in [2.05, 4.69) is 4.74 Å². The molecular formula is C11H15NO2. The highest BCUT2D eigenvalue weighted by atomic mass is 16.5. The van der Waals surface area contributed by atoms with Crippen molar-refractivity contribution in [2.75, 3.05) is 7.11 Å². The number of esters is 1. The molecule has 0 spiro atoms. The van der Waals surface area contributed by atoms with Gasteiger partial charge in [0, 0.05) is 6.04 Å². The molecule has 0 aromatic heterocycles. The summed E-state index contributed by atoms with van der Waals surface area (Å²) in [5, 5.41) is 0. The SMILES string of the molecule is COC(=O)[C@@H](C)[C@@H](N)c1ccccc1. The second-order valence-corrected chi connectivity index (χ2v) is 3.25. The number of carbonyl (C=O) groups is 1. The van der Waals surface area contributed by atoms with Crippen LogP contribution in [0.2, 0.25) is 0 Å². The smallest absolute Gasteiger partial charge is 0.310 e. The summed E-state index contributed by atoms with van der Waals surface area (Å²) in [5.74, 6) is -0.594. The third kappa shape index (κ3) is 2.33. The van der Waals surface area contributed by atoms with Crippen LogP contribution in [0.25, 0.3) is 0 Å². The van der Waals surface area contributed by atoms with Gasteiger partial charge in [-0.2, -0.15) is 0 Å². The van der Waals surface area contributed by atoms with Crippen LogP contribution < -0.4 is 5.73 Å². The summed E-state index contributed by atoms with van der Waals surface area (Å²) < 4.78 is 4.64. The van der Waals surface area contributed by atoms with E-state index in [-0.39, 0.29) is 17.9 Å². The monoisotopic (exact) mass is 193 g/mol. The predicted octanol–water partition coefficient (Wildman–Crippen LogP) is 1.50. The van der Waals surface area contributed by atoms with Crippen molar-refractivity contribution >= 4 is 5.97 Å². The average Bonchev–Trinajstić information content (AvgIpc) is 2.27. The van der Waals surface area contributed by atoms with Crippen LogP contribution >= 0.6 is 0 Å². The normalized spacial score (nSPS) is 14.5. The van der Waals surface area contributed by atoms with Gasteiger partial charge in [0.15, 0.2) is 0 Å². The molecule has 1 aromatic carbocycles. The Hall–Kier alpha value is -1.35. The van der Waals surface area contributed by atoms with Crippen LogP contribution in [-0.4, -0.2) is 13.1 Å². The van der Waals surface area contributed by atoms with Crippen LogP contribution in [-0.2, 0) is 9.53 Å². The van der Waals surface area contributed by atoms with E-state index < -0.39 is 0 Å². The zero-order valence-electron chi connectivity index (χ0n) is 8.44. The molecule has 0 aliphatic rings. The van der Waals surface area contributed by atoms with Crippen molar-refractivity contribution < 1.29 is 9.53 Å². The lowest BCUT2D eigenvalue weighted by Crippen LogP contribution is -2.26. The van der Waals surface area contributed by atoms with Crippen molar-refractivity contribution in [1.82, 2.24) is 0 Å². The second kappa shape index (κ2) is 4.77. The van der Waals surface area contributed by atoms with E-state index in [0.717, 1.165) is 5.56 Å². The van der Waals surface area contributed by atoms with Gasteiger partial charge in [0.1, 0.15) is 0 Å². The molecule has 0 fully saturated rings. The molecule has 1 rings (SSSR count). The fourth-order valence-electron chi connectivity index (χ4n) is 1.30. The highest BCUT2D eigenvalue weighted by Crippen LogP contribution is 2.19. The maximum atomic E-state index is 11.2. The van der Waals surface area contributed by atoms with Crippen LogP contribution in [0.1, 0.15) is 18.5 Å². The van der Waals surface area contributed by atoms with E-state index in [0.29, 0.717) is 0 Å². The Labute approximate surface area is 83.9 Å². The molecule has 0 amide bonds. The van der Waals surface area contributed by atoms with Gasteiger partial charge in [-0.25, -0.2) is 0 Å². The second-order valence-electron chi connectivity index (χ2n) is 3.25. The Balaban J connectivity index is 2.75. The Morgan fingerprint density at radius 2 is 1.93 bits per heavy atom. The Morgan fingerprint density at radius 3 is 2.43 bits per heavy atom. The summed E-state index contributed by atoms with van der Waals surface area (Å²) in [5.41, 5.74) is 6.86. The fourth-order valence-corrected chi connectivity index (χ4v) is 1.30. The number of nitrogens with two attached hydrogens (primary N) is 1. The minimum atomic E-state index is -0.317. The number of ether oxygens (including phenoxy) is 1. The fraction of sp³-hybridized carbons (Fsp3) is 0.364. The molecule has 0 unspecified atom stereocenters. The first kappa shape index (κ1) is 10.7. The highest BCUT2D eigenvalue weighted by Gasteiger charge is 2.22. The van der Waals surface area contributed by atoms with Gasteiger partial charge in [-0.15, -0.1) is 0 Å². The number of hydrogen-bond acceptors (Lipinski definition) is 3. The molecule has 0 bridgehead atoms. The first-order chi connectivity index (χ1) is 6.66. The van der Waals surface area contributed by atoms with Crippen LogP contribution in [0.5, 0.6) is 0 Å². The molecule has 0 heterocycles. The molecule has 0 aliphatic heterocycles. The lowest BCUT2D eigenvalue weighted by Gasteiger charge is -2.17. The summed E-state index contributed by atoms with van der Waals surface area (Å²) >= 11 is 0. The molecule has 2 N–H and O–H groups in total. The Kier molecular flexibility index (Phi) is 3.65. The minimum Gasteiger partial charge on any atom is -0.469 e. The summed E-state index contributed by atoms with van der Waals surface area (Å²) in [4.78, 5) is 11.2. The first-order valence-electron chi connectivity index (χ1n) is 4.55. The molecule has 76 valence electrons.